The molecule has 9 heteroatoms. The van der Waals surface area contributed by atoms with Crippen LogP contribution in [0.25, 0.3) is 11.1 Å². The molecule has 3 aliphatic heterocycles. The van der Waals surface area contributed by atoms with Gasteiger partial charge in [0.2, 0.25) is 0 Å². The molecule has 2 aromatic rings. The average molecular weight is 566 g/mol. The Morgan fingerprint density at radius 3 is 2.37 bits per heavy atom. The predicted octanol–water partition coefficient (Wildman–Crippen LogP) is 4.02. The summed E-state index contributed by atoms with van der Waals surface area (Å²) in [6.07, 6.45) is -0.629. The predicted molar refractivity (Wildman–Crippen MR) is 149 cm³/mol. The fourth-order valence-corrected chi connectivity index (χ4v) is 7.04. The van der Waals surface area contributed by atoms with E-state index in [0.29, 0.717) is 13.0 Å². The maximum absolute atomic E-state index is 13.7. The second-order valence-corrected chi connectivity index (χ2v) is 11.6. The Bertz CT molecular complexity index is 1230. The molecule has 3 heterocycles. The maximum Gasteiger partial charge on any atom is 0.323 e. The number of rotatable bonds is 9. The number of ether oxygens (including phenoxy) is 6. The summed E-state index contributed by atoms with van der Waals surface area (Å²) in [6, 6.07) is 15.6. The highest BCUT2D eigenvalue weighted by Crippen LogP contribution is 2.45. The van der Waals surface area contributed by atoms with Gasteiger partial charge in [-0.25, -0.2) is 0 Å². The summed E-state index contributed by atoms with van der Waals surface area (Å²) in [4.78, 5) is 28.5. The molecule has 6 atom stereocenters. The van der Waals surface area contributed by atoms with Gasteiger partial charge in [-0.2, -0.15) is 0 Å². The van der Waals surface area contributed by atoms with Gasteiger partial charge >= 0.3 is 11.9 Å². The summed E-state index contributed by atoms with van der Waals surface area (Å²) in [5.74, 6) is -1.47. The molecule has 6 rings (SSSR count). The van der Waals surface area contributed by atoms with Gasteiger partial charge in [0.25, 0.3) is 0 Å². The van der Waals surface area contributed by atoms with E-state index in [1.807, 2.05) is 43.0 Å². The molecule has 9 nitrogen and oxygen atoms in total. The van der Waals surface area contributed by atoms with Crippen molar-refractivity contribution in [2.75, 3.05) is 26.9 Å². The van der Waals surface area contributed by atoms with Gasteiger partial charge in [-0.05, 0) is 62.4 Å². The zero-order chi connectivity index (χ0) is 28.7. The largest absolute Gasteiger partial charge is 0.466 e. The van der Waals surface area contributed by atoms with Crippen LogP contribution in [-0.4, -0.2) is 86.2 Å². The molecule has 2 aromatic carbocycles. The molecule has 1 aliphatic carbocycles. The third-order valence-corrected chi connectivity index (χ3v) is 8.71. The molecule has 220 valence electrons. The number of benzene rings is 2. The summed E-state index contributed by atoms with van der Waals surface area (Å²) < 4.78 is 35.7. The van der Waals surface area contributed by atoms with Crippen LogP contribution in [0.4, 0.5) is 0 Å². The number of nitrogens with zero attached hydrogens (tertiary/aromatic N) is 1. The Balaban J connectivity index is 1.20. The molecule has 3 saturated heterocycles. The molecule has 0 aromatic heterocycles. The van der Waals surface area contributed by atoms with Crippen LogP contribution < -0.4 is 0 Å². The Morgan fingerprint density at radius 2 is 1.71 bits per heavy atom. The third-order valence-electron chi connectivity index (χ3n) is 8.71. The first kappa shape index (κ1) is 28.3. The van der Waals surface area contributed by atoms with Gasteiger partial charge in [0.1, 0.15) is 31.0 Å². The quantitative estimate of drug-likeness (QED) is 0.418. The molecule has 0 spiro atoms. The monoisotopic (exact) mass is 565 g/mol. The number of carbonyl (C=O) groups is 2. The fourth-order valence-electron chi connectivity index (χ4n) is 7.04. The van der Waals surface area contributed by atoms with E-state index in [1.165, 1.54) is 22.3 Å². The molecule has 3 fully saturated rings. The highest BCUT2D eigenvalue weighted by molar-refractivity contribution is 5.80. The maximum atomic E-state index is 13.7. The number of hydrogen-bond donors (Lipinski definition) is 0. The van der Waals surface area contributed by atoms with Crippen molar-refractivity contribution in [3.8, 4) is 11.1 Å². The lowest BCUT2D eigenvalue weighted by molar-refractivity contribution is -0.225. The van der Waals surface area contributed by atoms with E-state index in [1.54, 1.807) is 14.0 Å². The molecule has 41 heavy (non-hydrogen) atoms. The summed E-state index contributed by atoms with van der Waals surface area (Å²) in [7, 11) is 1.60. The van der Waals surface area contributed by atoms with Crippen molar-refractivity contribution >= 4 is 11.9 Å². The van der Waals surface area contributed by atoms with Crippen LogP contribution in [0.1, 0.15) is 57.1 Å². The van der Waals surface area contributed by atoms with E-state index in [2.05, 4.69) is 24.3 Å². The van der Waals surface area contributed by atoms with Gasteiger partial charge in [-0.1, -0.05) is 48.5 Å². The van der Waals surface area contributed by atoms with Gasteiger partial charge < -0.3 is 28.4 Å². The van der Waals surface area contributed by atoms with Crippen molar-refractivity contribution < 1.29 is 38.0 Å². The van der Waals surface area contributed by atoms with Crippen LogP contribution >= 0.6 is 0 Å². The highest BCUT2D eigenvalue weighted by atomic mass is 16.8. The Labute approximate surface area is 241 Å². The number of hydrogen-bond acceptors (Lipinski definition) is 9. The van der Waals surface area contributed by atoms with Gasteiger partial charge in [-0.15, -0.1) is 0 Å². The van der Waals surface area contributed by atoms with Crippen molar-refractivity contribution in [1.82, 2.24) is 4.90 Å². The minimum Gasteiger partial charge on any atom is -0.466 e. The van der Waals surface area contributed by atoms with Crippen LogP contribution in [0.15, 0.2) is 48.5 Å². The molecular weight excluding hydrogens is 526 g/mol. The Morgan fingerprint density at radius 1 is 1.02 bits per heavy atom. The topological polar surface area (TPSA) is 92.8 Å². The second-order valence-electron chi connectivity index (χ2n) is 11.6. The van der Waals surface area contributed by atoms with Gasteiger partial charge in [0, 0.05) is 19.1 Å². The zero-order valence-electron chi connectivity index (χ0n) is 24.1. The Kier molecular flexibility index (Phi) is 7.91. The minimum atomic E-state index is -0.800. The number of carbonyl (C=O) groups excluding carboxylic acids is 2. The first-order valence-corrected chi connectivity index (χ1v) is 14.6. The van der Waals surface area contributed by atoms with E-state index in [4.69, 9.17) is 28.4 Å². The SMILES string of the molecule is CCOC(=O)CC([C@H]1O[C@@H]2OC(C)(C)O[C@@H]2[C@H]1OC)N1CCC[C@H]1C(=O)OCC1c2ccccc2-c2ccccc21. The van der Waals surface area contributed by atoms with E-state index < -0.39 is 42.5 Å². The van der Waals surface area contributed by atoms with Crippen LogP contribution in [0.2, 0.25) is 0 Å². The molecule has 4 aliphatic rings. The van der Waals surface area contributed by atoms with Crippen molar-refractivity contribution in [2.24, 2.45) is 0 Å². The van der Waals surface area contributed by atoms with Crippen molar-refractivity contribution in [3.05, 3.63) is 59.7 Å². The van der Waals surface area contributed by atoms with Gasteiger partial charge in [0.05, 0.1) is 13.0 Å². The van der Waals surface area contributed by atoms with Crippen molar-refractivity contribution in [3.63, 3.8) is 0 Å². The van der Waals surface area contributed by atoms with Crippen LogP contribution in [0.3, 0.4) is 0 Å². The molecule has 0 amide bonds. The van der Waals surface area contributed by atoms with E-state index in [9.17, 15) is 9.59 Å². The average Bonchev–Trinajstić information content (AvgIpc) is 3.70. The van der Waals surface area contributed by atoms with E-state index >= 15 is 0 Å². The molecule has 1 unspecified atom stereocenters. The minimum absolute atomic E-state index is 0.0235. The van der Waals surface area contributed by atoms with Crippen LogP contribution in [0.5, 0.6) is 0 Å². The zero-order valence-corrected chi connectivity index (χ0v) is 24.1. The second kappa shape index (κ2) is 11.5. The standard InChI is InChI=1S/C32H39NO8/c1-5-37-26(34)17-25(27-28(36-4)29-31(39-27)41-32(2,3)40-29)33-16-10-15-24(33)30(35)38-18-23-21-13-8-6-11-19(21)20-12-7-9-14-22(20)23/h6-9,11-14,23-25,27-29,31H,5,10,15-18H2,1-4H3/t24-,25?,27+,28-,29+,31+/m0/s1. The lowest BCUT2D eigenvalue weighted by Crippen LogP contribution is -2.54. The summed E-state index contributed by atoms with van der Waals surface area (Å²) in [5, 5.41) is 0. The molecular formula is C32H39NO8. The van der Waals surface area contributed by atoms with Crippen molar-refractivity contribution in [1.29, 1.82) is 0 Å². The van der Waals surface area contributed by atoms with Gasteiger partial charge in [-0.3, -0.25) is 14.5 Å². The third kappa shape index (κ3) is 5.30. The number of methoxy groups -OCH3 is 1. The number of esters is 2. The lowest BCUT2D eigenvalue weighted by Gasteiger charge is -2.37. The first-order valence-electron chi connectivity index (χ1n) is 14.6. The first-order chi connectivity index (χ1) is 19.8. The summed E-state index contributed by atoms with van der Waals surface area (Å²) >= 11 is 0. The fraction of sp³-hybridized carbons (Fsp3) is 0.562. The number of fused-ring (bicyclic) bond motifs is 4. The molecule has 0 N–H and O–H groups in total. The summed E-state index contributed by atoms with van der Waals surface area (Å²) in [6.45, 7) is 6.59. The molecule has 0 bridgehead atoms. The van der Waals surface area contributed by atoms with Crippen LogP contribution in [-0.2, 0) is 38.0 Å². The molecule has 0 radical (unpaired) electrons. The molecule has 0 saturated carbocycles. The smallest absolute Gasteiger partial charge is 0.323 e. The van der Waals surface area contributed by atoms with Gasteiger partial charge in [0.15, 0.2) is 12.1 Å². The van der Waals surface area contributed by atoms with E-state index in [0.717, 1.165) is 6.42 Å². The Hall–Kier alpha value is -2.82. The lowest BCUT2D eigenvalue weighted by atomic mass is 9.97. The van der Waals surface area contributed by atoms with E-state index in [-0.39, 0.29) is 37.5 Å². The van der Waals surface area contributed by atoms with Crippen LogP contribution in [0, 0.1) is 0 Å². The summed E-state index contributed by atoms with van der Waals surface area (Å²) in [5.41, 5.74) is 4.70. The number of likely N-dealkylation sites (tertiary alicyclic amines) is 1. The highest BCUT2D eigenvalue weighted by Gasteiger charge is 2.58. The van der Waals surface area contributed by atoms with Crippen molar-refractivity contribution in [2.45, 2.75) is 88.4 Å². The normalized spacial score (nSPS) is 29.1.